The molecule has 2 N–H and O–H groups in total. The van der Waals surface area contributed by atoms with Crippen molar-refractivity contribution < 1.29 is 4.74 Å². The lowest BCUT2D eigenvalue weighted by atomic mass is 9.75. The van der Waals surface area contributed by atoms with Gasteiger partial charge in [-0.1, -0.05) is 6.92 Å². The van der Waals surface area contributed by atoms with Crippen LogP contribution in [0.25, 0.3) is 0 Å². The average molecular weight is 277 g/mol. The summed E-state index contributed by atoms with van der Waals surface area (Å²) in [5.74, 6) is 0.748. The first-order chi connectivity index (χ1) is 9.68. The number of hydrogen-bond acceptors (Lipinski definition) is 3. The number of hydrogen-bond donors (Lipinski definition) is 1. The normalized spacial score (nSPS) is 31.6. The van der Waals surface area contributed by atoms with E-state index in [1.54, 1.807) is 0 Å². The summed E-state index contributed by atoms with van der Waals surface area (Å²) in [5.41, 5.74) is 7.44. The Balaban J connectivity index is 1.75. The molecule has 3 rings (SSSR count). The van der Waals surface area contributed by atoms with Crippen LogP contribution in [0.3, 0.4) is 0 Å². The van der Waals surface area contributed by atoms with E-state index in [2.05, 4.69) is 30.8 Å². The second-order valence-electron chi connectivity index (χ2n) is 6.67. The van der Waals surface area contributed by atoms with Gasteiger partial charge >= 0.3 is 0 Å². The largest absolute Gasteiger partial charge is 0.377 e. The van der Waals surface area contributed by atoms with Gasteiger partial charge < -0.3 is 10.5 Å². The third-order valence-electron chi connectivity index (χ3n) is 5.20. The van der Waals surface area contributed by atoms with Gasteiger partial charge in [-0.05, 0) is 44.6 Å². The summed E-state index contributed by atoms with van der Waals surface area (Å²) in [6.07, 6.45) is 8.25. The Labute approximate surface area is 121 Å². The van der Waals surface area contributed by atoms with E-state index in [1.807, 2.05) is 0 Å². The fourth-order valence-electron chi connectivity index (χ4n) is 3.49. The molecule has 1 saturated heterocycles. The molecule has 0 bridgehead atoms. The molecule has 1 aromatic rings. The highest BCUT2D eigenvalue weighted by Gasteiger charge is 2.50. The molecule has 4 nitrogen and oxygen atoms in total. The second-order valence-corrected chi connectivity index (χ2v) is 6.67. The number of ether oxygens (including phenoxy) is 1. The highest BCUT2D eigenvalue weighted by molar-refractivity contribution is 5.10. The van der Waals surface area contributed by atoms with E-state index in [1.165, 1.54) is 18.5 Å². The average Bonchev–Trinajstić information content (AvgIpc) is 3.06. The van der Waals surface area contributed by atoms with E-state index in [9.17, 15) is 0 Å². The standard InChI is InChI=1S/C16H27N3O/c1-3-12(2)19-8-6-14(18-19)10-16(11-17)7-9-20-15(16)13-4-5-13/h6,8,12-13,15H,3-5,7,9-11,17H2,1-2H3. The monoisotopic (exact) mass is 277 g/mol. The van der Waals surface area contributed by atoms with Gasteiger partial charge in [-0.15, -0.1) is 0 Å². The van der Waals surface area contributed by atoms with Crippen molar-refractivity contribution in [1.29, 1.82) is 0 Å². The molecule has 2 fully saturated rings. The molecule has 0 spiro atoms. The van der Waals surface area contributed by atoms with Crippen LogP contribution in [0.2, 0.25) is 0 Å². The van der Waals surface area contributed by atoms with E-state index >= 15 is 0 Å². The molecule has 112 valence electrons. The molecule has 2 aliphatic rings. The predicted molar refractivity (Wildman–Crippen MR) is 79.5 cm³/mol. The maximum atomic E-state index is 6.15. The van der Waals surface area contributed by atoms with Crippen LogP contribution in [0.5, 0.6) is 0 Å². The van der Waals surface area contributed by atoms with Crippen molar-refractivity contribution in [2.24, 2.45) is 17.1 Å². The van der Waals surface area contributed by atoms with Gasteiger partial charge in [0.25, 0.3) is 0 Å². The molecule has 2 heterocycles. The van der Waals surface area contributed by atoms with Gasteiger partial charge in [-0.2, -0.15) is 5.10 Å². The molecule has 1 aliphatic carbocycles. The van der Waals surface area contributed by atoms with Crippen LogP contribution in [0.15, 0.2) is 12.3 Å². The number of nitrogens with zero attached hydrogens (tertiary/aromatic N) is 2. The summed E-state index contributed by atoms with van der Waals surface area (Å²) in [6, 6.07) is 2.63. The first kappa shape index (κ1) is 14.1. The zero-order valence-electron chi connectivity index (χ0n) is 12.7. The highest BCUT2D eigenvalue weighted by atomic mass is 16.5. The Morgan fingerprint density at radius 2 is 2.35 bits per heavy atom. The van der Waals surface area contributed by atoms with Crippen LogP contribution in [-0.2, 0) is 11.2 Å². The quantitative estimate of drug-likeness (QED) is 0.869. The van der Waals surface area contributed by atoms with Gasteiger partial charge in [-0.25, -0.2) is 0 Å². The maximum absolute atomic E-state index is 6.15. The Hall–Kier alpha value is -0.870. The van der Waals surface area contributed by atoms with E-state index in [-0.39, 0.29) is 5.41 Å². The van der Waals surface area contributed by atoms with Crippen molar-refractivity contribution in [2.45, 2.75) is 58.1 Å². The SMILES string of the molecule is CCC(C)n1ccc(CC2(CN)CCOC2C2CC2)n1. The molecule has 1 saturated carbocycles. The van der Waals surface area contributed by atoms with Crippen molar-refractivity contribution in [1.82, 2.24) is 9.78 Å². The molecule has 4 heteroatoms. The predicted octanol–water partition coefficient (Wildman–Crippen LogP) is 2.54. The molecular weight excluding hydrogens is 250 g/mol. The van der Waals surface area contributed by atoms with Crippen molar-refractivity contribution >= 4 is 0 Å². The van der Waals surface area contributed by atoms with Crippen LogP contribution < -0.4 is 5.73 Å². The first-order valence-electron chi connectivity index (χ1n) is 8.04. The third kappa shape index (κ3) is 2.51. The minimum Gasteiger partial charge on any atom is -0.377 e. The first-order valence-corrected chi connectivity index (χ1v) is 8.04. The molecular formula is C16H27N3O. The van der Waals surface area contributed by atoms with Gasteiger partial charge in [-0.3, -0.25) is 4.68 Å². The number of rotatable bonds is 6. The molecule has 1 aliphatic heterocycles. The fraction of sp³-hybridized carbons (Fsp3) is 0.812. The van der Waals surface area contributed by atoms with Gasteiger partial charge in [0, 0.05) is 37.2 Å². The van der Waals surface area contributed by atoms with Crippen LogP contribution in [-0.4, -0.2) is 29.0 Å². The molecule has 20 heavy (non-hydrogen) atoms. The van der Waals surface area contributed by atoms with Crippen LogP contribution in [0.1, 0.15) is 51.3 Å². The van der Waals surface area contributed by atoms with E-state index in [4.69, 9.17) is 15.6 Å². The summed E-state index contributed by atoms with van der Waals surface area (Å²) >= 11 is 0. The van der Waals surface area contributed by atoms with Gasteiger partial charge in [0.05, 0.1) is 11.8 Å². The minimum absolute atomic E-state index is 0.121. The molecule has 0 radical (unpaired) electrons. The maximum Gasteiger partial charge on any atom is 0.0676 e. The van der Waals surface area contributed by atoms with Crippen molar-refractivity contribution in [2.75, 3.05) is 13.2 Å². The van der Waals surface area contributed by atoms with E-state index in [0.29, 0.717) is 18.7 Å². The minimum atomic E-state index is 0.121. The third-order valence-corrected chi connectivity index (χ3v) is 5.20. The molecule has 3 atom stereocenters. The Morgan fingerprint density at radius 3 is 3.00 bits per heavy atom. The zero-order valence-corrected chi connectivity index (χ0v) is 12.7. The number of nitrogens with two attached hydrogens (primary N) is 1. The summed E-state index contributed by atoms with van der Waals surface area (Å²) in [5, 5.41) is 4.76. The summed E-state index contributed by atoms with van der Waals surface area (Å²) < 4.78 is 8.10. The highest BCUT2D eigenvalue weighted by Crippen LogP contribution is 2.48. The number of aromatic nitrogens is 2. The second kappa shape index (κ2) is 5.49. The van der Waals surface area contributed by atoms with Crippen molar-refractivity contribution in [3.8, 4) is 0 Å². The van der Waals surface area contributed by atoms with Crippen LogP contribution >= 0.6 is 0 Å². The smallest absolute Gasteiger partial charge is 0.0676 e. The van der Waals surface area contributed by atoms with E-state index < -0.39 is 0 Å². The topological polar surface area (TPSA) is 53.1 Å². The van der Waals surface area contributed by atoms with Gasteiger partial charge in [0.15, 0.2) is 0 Å². The summed E-state index contributed by atoms with van der Waals surface area (Å²) in [6.45, 7) is 5.98. The molecule has 0 aromatic carbocycles. The van der Waals surface area contributed by atoms with Crippen molar-refractivity contribution in [3.63, 3.8) is 0 Å². The lowest BCUT2D eigenvalue weighted by Gasteiger charge is -2.32. The summed E-state index contributed by atoms with van der Waals surface area (Å²) in [4.78, 5) is 0. The molecule has 0 amide bonds. The fourth-order valence-corrected chi connectivity index (χ4v) is 3.49. The Bertz CT molecular complexity index is 454. The lowest BCUT2D eigenvalue weighted by molar-refractivity contribution is 0.0340. The van der Waals surface area contributed by atoms with Gasteiger partial charge in [0.1, 0.15) is 0 Å². The zero-order chi connectivity index (χ0) is 14.2. The lowest BCUT2D eigenvalue weighted by Crippen LogP contribution is -2.41. The Morgan fingerprint density at radius 1 is 1.55 bits per heavy atom. The van der Waals surface area contributed by atoms with Crippen LogP contribution in [0.4, 0.5) is 0 Å². The molecule has 3 unspecified atom stereocenters. The van der Waals surface area contributed by atoms with Gasteiger partial charge in [0.2, 0.25) is 0 Å². The van der Waals surface area contributed by atoms with Crippen molar-refractivity contribution in [3.05, 3.63) is 18.0 Å². The van der Waals surface area contributed by atoms with E-state index in [0.717, 1.165) is 31.8 Å². The summed E-state index contributed by atoms with van der Waals surface area (Å²) in [7, 11) is 0. The molecule has 1 aromatic heterocycles. The Kier molecular flexibility index (Phi) is 3.87. The van der Waals surface area contributed by atoms with Crippen LogP contribution in [0, 0.1) is 11.3 Å².